The number of halogens is 2. The number of thiazole rings is 1. The normalized spacial score (nSPS) is 10.7. The molecule has 0 amide bonds. The van der Waals surface area contributed by atoms with Gasteiger partial charge in [-0.25, -0.2) is 9.37 Å². The number of nitrogens with two attached hydrogens (primary N) is 1. The van der Waals surface area contributed by atoms with Gasteiger partial charge in [-0.1, -0.05) is 17.7 Å². The predicted molar refractivity (Wildman–Crippen MR) is 64.2 cm³/mol. The van der Waals surface area contributed by atoms with E-state index in [-0.39, 0.29) is 5.02 Å². The lowest BCUT2D eigenvalue weighted by Crippen LogP contribution is -1.93. The van der Waals surface area contributed by atoms with Crippen LogP contribution in [0.3, 0.4) is 0 Å². The molecule has 1 aromatic carbocycles. The first-order chi connectivity index (χ1) is 7.69. The zero-order chi connectivity index (χ0) is 11.5. The van der Waals surface area contributed by atoms with Crippen LogP contribution in [0.15, 0.2) is 24.4 Å². The molecule has 2 aromatic rings. The summed E-state index contributed by atoms with van der Waals surface area (Å²) in [7, 11) is 0. The van der Waals surface area contributed by atoms with Crippen LogP contribution in [-0.4, -0.2) is 4.98 Å². The van der Waals surface area contributed by atoms with Crippen molar-refractivity contribution in [2.24, 2.45) is 5.73 Å². The molecule has 0 aliphatic heterocycles. The molecular weight excluding hydrogens is 247 g/mol. The van der Waals surface area contributed by atoms with Crippen molar-refractivity contribution in [1.82, 2.24) is 4.98 Å². The third kappa shape index (κ3) is 2.58. The average molecular weight is 257 g/mol. The topological polar surface area (TPSA) is 38.9 Å². The molecule has 0 bridgehead atoms. The summed E-state index contributed by atoms with van der Waals surface area (Å²) < 4.78 is 12.9. The maximum atomic E-state index is 12.9. The summed E-state index contributed by atoms with van der Waals surface area (Å²) in [6.45, 7) is 0.453. The van der Waals surface area contributed by atoms with E-state index in [1.165, 1.54) is 6.07 Å². The van der Waals surface area contributed by atoms with E-state index < -0.39 is 5.82 Å². The molecule has 84 valence electrons. The molecule has 0 aliphatic rings. The maximum Gasteiger partial charge on any atom is 0.141 e. The smallest absolute Gasteiger partial charge is 0.141 e. The van der Waals surface area contributed by atoms with Crippen LogP contribution < -0.4 is 5.73 Å². The third-order valence-electron chi connectivity index (χ3n) is 2.14. The highest BCUT2D eigenvalue weighted by atomic mass is 35.5. The third-order valence-corrected chi connectivity index (χ3v) is 3.45. The number of aromatic nitrogens is 1. The van der Waals surface area contributed by atoms with E-state index in [0.29, 0.717) is 13.0 Å². The standard InChI is InChI=1S/C11H10ClFN2S/c12-9-4-7(1-2-10(9)13)3-8-6-15-11(5-14)16-8/h1-2,4,6H,3,5,14H2. The lowest BCUT2D eigenvalue weighted by Gasteiger charge is -2.00. The van der Waals surface area contributed by atoms with Crippen molar-refractivity contribution in [2.45, 2.75) is 13.0 Å². The molecule has 0 aliphatic carbocycles. The second-order valence-electron chi connectivity index (χ2n) is 3.35. The van der Waals surface area contributed by atoms with Crippen molar-refractivity contribution >= 4 is 22.9 Å². The van der Waals surface area contributed by atoms with Crippen LogP contribution in [0.1, 0.15) is 15.4 Å². The van der Waals surface area contributed by atoms with Gasteiger partial charge in [0.25, 0.3) is 0 Å². The Balaban J connectivity index is 2.17. The summed E-state index contributed by atoms with van der Waals surface area (Å²) in [6.07, 6.45) is 2.50. The SMILES string of the molecule is NCc1ncc(Cc2ccc(F)c(Cl)c2)s1. The highest BCUT2D eigenvalue weighted by Crippen LogP contribution is 2.21. The highest BCUT2D eigenvalue weighted by molar-refractivity contribution is 7.11. The van der Waals surface area contributed by atoms with Crippen molar-refractivity contribution in [2.75, 3.05) is 0 Å². The molecule has 2 nitrogen and oxygen atoms in total. The van der Waals surface area contributed by atoms with Crippen LogP contribution in [0, 0.1) is 5.82 Å². The van der Waals surface area contributed by atoms with Gasteiger partial charge in [0.2, 0.25) is 0 Å². The Bertz CT molecular complexity index is 498. The lowest BCUT2D eigenvalue weighted by atomic mass is 10.1. The van der Waals surface area contributed by atoms with Crippen LogP contribution in [-0.2, 0) is 13.0 Å². The fourth-order valence-electron chi connectivity index (χ4n) is 1.37. The minimum Gasteiger partial charge on any atom is -0.325 e. The number of hydrogen-bond acceptors (Lipinski definition) is 3. The summed E-state index contributed by atoms with van der Waals surface area (Å²) >= 11 is 7.27. The van der Waals surface area contributed by atoms with Crippen LogP contribution in [0.5, 0.6) is 0 Å². The minimum absolute atomic E-state index is 0.154. The van der Waals surface area contributed by atoms with Crippen LogP contribution in [0.25, 0.3) is 0 Å². The summed E-state index contributed by atoms with van der Waals surface area (Å²) in [5.74, 6) is -0.391. The van der Waals surface area contributed by atoms with E-state index in [9.17, 15) is 4.39 Å². The predicted octanol–water partition coefficient (Wildman–Crippen LogP) is 2.99. The van der Waals surface area contributed by atoms with E-state index in [2.05, 4.69) is 4.98 Å². The Morgan fingerprint density at radius 2 is 2.25 bits per heavy atom. The maximum absolute atomic E-state index is 12.9. The Kier molecular flexibility index (Phi) is 3.53. The molecule has 0 radical (unpaired) electrons. The Morgan fingerprint density at radius 3 is 2.88 bits per heavy atom. The molecule has 0 unspecified atom stereocenters. The number of benzene rings is 1. The van der Waals surface area contributed by atoms with Crippen LogP contribution in [0.2, 0.25) is 5.02 Å². The molecule has 0 fully saturated rings. The summed E-state index contributed by atoms with van der Waals surface area (Å²) in [5.41, 5.74) is 6.45. The van der Waals surface area contributed by atoms with Gasteiger partial charge < -0.3 is 5.73 Å². The van der Waals surface area contributed by atoms with Crippen molar-refractivity contribution < 1.29 is 4.39 Å². The first kappa shape index (κ1) is 11.5. The largest absolute Gasteiger partial charge is 0.325 e. The fourth-order valence-corrected chi connectivity index (χ4v) is 2.41. The van der Waals surface area contributed by atoms with E-state index in [4.69, 9.17) is 17.3 Å². The number of nitrogens with zero attached hydrogens (tertiary/aromatic N) is 1. The van der Waals surface area contributed by atoms with E-state index in [0.717, 1.165) is 15.4 Å². The average Bonchev–Trinajstić information content (AvgIpc) is 2.71. The van der Waals surface area contributed by atoms with Crippen molar-refractivity contribution in [3.63, 3.8) is 0 Å². The van der Waals surface area contributed by atoms with Crippen LogP contribution >= 0.6 is 22.9 Å². The van der Waals surface area contributed by atoms with Gasteiger partial charge in [0.05, 0.1) is 5.02 Å². The number of rotatable bonds is 3. The first-order valence-corrected chi connectivity index (χ1v) is 5.96. The molecular formula is C11H10ClFN2S. The second kappa shape index (κ2) is 4.91. The van der Waals surface area contributed by atoms with E-state index in [1.807, 2.05) is 0 Å². The molecule has 2 N–H and O–H groups in total. The van der Waals surface area contributed by atoms with Gasteiger partial charge in [-0.15, -0.1) is 11.3 Å². The van der Waals surface area contributed by atoms with Gasteiger partial charge in [0, 0.05) is 24.0 Å². The summed E-state index contributed by atoms with van der Waals surface area (Å²) in [6, 6.07) is 4.74. The molecule has 5 heteroatoms. The van der Waals surface area contributed by atoms with Crippen molar-refractivity contribution in [3.8, 4) is 0 Å². The van der Waals surface area contributed by atoms with Gasteiger partial charge in [-0.05, 0) is 17.7 Å². The Morgan fingerprint density at radius 1 is 1.44 bits per heavy atom. The molecule has 0 atom stereocenters. The quantitative estimate of drug-likeness (QED) is 0.917. The van der Waals surface area contributed by atoms with E-state index >= 15 is 0 Å². The Labute approximate surface area is 102 Å². The zero-order valence-corrected chi connectivity index (χ0v) is 9.98. The van der Waals surface area contributed by atoms with Crippen molar-refractivity contribution in [1.29, 1.82) is 0 Å². The van der Waals surface area contributed by atoms with Gasteiger partial charge in [-0.2, -0.15) is 0 Å². The molecule has 1 heterocycles. The first-order valence-electron chi connectivity index (χ1n) is 4.76. The molecule has 0 saturated heterocycles. The van der Waals surface area contributed by atoms with Gasteiger partial charge in [0.1, 0.15) is 10.8 Å². The van der Waals surface area contributed by atoms with Gasteiger partial charge in [0.15, 0.2) is 0 Å². The molecule has 0 spiro atoms. The molecule has 0 saturated carbocycles. The van der Waals surface area contributed by atoms with Crippen molar-refractivity contribution in [3.05, 3.63) is 50.7 Å². The molecule has 1 aromatic heterocycles. The monoisotopic (exact) mass is 256 g/mol. The van der Waals surface area contributed by atoms with Gasteiger partial charge >= 0.3 is 0 Å². The zero-order valence-electron chi connectivity index (χ0n) is 8.41. The highest BCUT2D eigenvalue weighted by Gasteiger charge is 2.04. The summed E-state index contributed by atoms with van der Waals surface area (Å²) in [4.78, 5) is 5.26. The number of hydrogen-bond donors (Lipinski definition) is 1. The lowest BCUT2D eigenvalue weighted by molar-refractivity contribution is 0.627. The minimum atomic E-state index is -0.391. The molecule has 2 rings (SSSR count). The second-order valence-corrected chi connectivity index (χ2v) is 4.96. The van der Waals surface area contributed by atoms with Crippen LogP contribution in [0.4, 0.5) is 4.39 Å². The molecule has 16 heavy (non-hydrogen) atoms. The fraction of sp³-hybridized carbons (Fsp3) is 0.182. The van der Waals surface area contributed by atoms with Gasteiger partial charge in [-0.3, -0.25) is 0 Å². The summed E-state index contributed by atoms with van der Waals surface area (Å²) in [5, 5.41) is 1.06. The Hall–Kier alpha value is -0.970. The van der Waals surface area contributed by atoms with E-state index in [1.54, 1.807) is 29.7 Å².